The summed E-state index contributed by atoms with van der Waals surface area (Å²) in [4.78, 5) is 14.1. The van der Waals surface area contributed by atoms with Crippen LogP contribution in [0.15, 0.2) is 46.4 Å². The summed E-state index contributed by atoms with van der Waals surface area (Å²) < 4.78 is 0. The zero-order valence-electron chi connectivity index (χ0n) is 15.4. The maximum absolute atomic E-state index is 4.79. The molecule has 2 aromatic rings. The first-order chi connectivity index (χ1) is 12.1. The van der Waals surface area contributed by atoms with Gasteiger partial charge in [0, 0.05) is 6.21 Å². The number of hydrogen-bond donors (Lipinski definition) is 0. The van der Waals surface area contributed by atoms with Crippen LogP contribution >= 0.6 is 0 Å². The normalized spacial score (nSPS) is 21.2. The molecule has 1 aliphatic carbocycles. The highest BCUT2D eigenvalue weighted by molar-refractivity contribution is 5.83. The molecule has 0 radical (unpaired) electrons. The summed E-state index contributed by atoms with van der Waals surface area (Å²) in [5.41, 5.74) is 5.16. The lowest BCUT2D eigenvalue weighted by Crippen LogP contribution is -2.20. The molecule has 25 heavy (non-hydrogen) atoms. The van der Waals surface area contributed by atoms with E-state index in [0.717, 1.165) is 17.1 Å². The molecule has 0 saturated heterocycles. The van der Waals surface area contributed by atoms with E-state index >= 15 is 0 Å². The van der Waals surface area contributed by atoms with E-state index in [2.05, 4.69) is 48.9 Å². The number of aromatic nitrogens is 1. The highest BCUT2D eigenvalue weighted by Gasteiger charge is 2.19. The van der Waals surface area contributed by atoms with Crippen LogP contribution < -0.4 is 0 Å². The molecule has 0 spiro atoms. The summed E-state index contributed by atoms with van der Waals surface area (Å²) in [6, 6.07) is 12.7. The van der Waals surface area contributed by atoms with Gasteiger partial charge in [-0.1, -0.05) is 44.0 Å². The van der Waals surface area contributed by atoms with Gasteiger partial charge in [0.2, 0.25) is 0 Å². The van der Waals surface area contributed by atoms with E-state index in [-0.39, 0.29) is 0 Å². The summed E-state index contributed by atoms with van der Waals surface area (Å²) in [6.45, 7) is 6.48. The van der Waals surface area contributed by atoms with Crippen LogP contribution in [-0.2, 0) is 0 Å². The van der Waals surface area contributed by atoms with Gasteiger partial charge >= 0.3 is 0 Å². The van der Waals surface area contributed by atoms with Crippen LogP contribution in [0.25, 0.3) is 0 Å². The molecular formula is C22H27N3. The Bertz CT molecular complexity index is 756. The van der Waals surface area contributed by atoms with E-state index < -0.39 is 0 Å². The van der Waals surface area contributed by atoms with Crippen molar-refractivity contribution in [3.8, 4) is 0 Å². The summed E-state index contributed by atoms with van der Waals surface area (Å²) in [6.07, 6.45) is 8.90. The average molecular weight is 333 g/mol. The molecule has 1 aliphatic rings. The second kappa shape index (κ2) is 8.19. The summed E-state index contributed by atoms with van der Waals surface area (Å²) >= 11 is 0. The Hall–Kier alpha value is -2.29. The number of para-hydroxylation sites is 1. The minimum absolute atomic E-state index is 0.447. The maximum Gasteiger partial charge on any atom is 0.0820 e. The molecule has 1 saturated carbocycles. The Labute approximate surface area is 151 Å². The number of benzene rings is 1. The van der Waals surface area contributed by atoms with E-state index in [1.165, 1.54) is 36.8 Å². The van der Waals surface area contributed by atoms with Crippen molar-refractivity contribution in [3.05, 3.63) is 58.9 Å². The number of aliphatic imine (C=N–C) groups is 2. The molecule has 1 heterocycles. The lowest BCUT2D eigenvalue weighted by atomic mass is 9.86. The largest absolute Gasteiger partial charge is 0.287 e. The van der Waals surface area contributed by atoms with Crippen LogP contribution in [0.3, 0.4) is 0 Å². The fraction of sp³-hybridized carbons (Fsp3) is 0.409. The zero-order valence-corrected chi connectivity index (χ0v) is 15.4. The van der Waals surface area contributed by atoms with Gasteiger partial charge < -0.3 is 0 Å². The van der Waals surface area contributed by atoms with E-state index in [4.69, 9.17) is 4.99 Å². The molecule has 1 aromatic carbocycles. The van der Waals surface area contributed by atoms with E-state index in [0.29, 0.717) is 12.0 Å². The molecule has 3 heteroatoms. The highest BCUT2D eigenvalue weighted by Crippen LogP contribution is 2.26. The van der Waals surface area contributed by atoms with Crippen molar-refractivity contribution in [2.75, 3.05) is 0 Å². The quantitative estimate of drug-likeness (QED) is 0.686. The van der Waals surface area contributed by atoms with Gasteiger partial charge in [0.25, 0.3) is 0 Å². The molecule has 130 valence electrons. The third-order valence-electron chi connectivity index (χ3n) is 5.02. The molecule has 0 aliphatic heterocycles. The second-order valence-electron chi connectivity index (χ2n) is 7.09. The molecule has 0 bridgehead atoms. The molecule has 0 N–H and O–H groups in total. The molecule has 2 unspecified atom stereocenters. The molecule has 0 amide bonds. The van der Waals surface area contributed by atoms with Gasteiger partial charge in [0.15, 0.2) is 0 Å². The lowest BCUT2D eigenvalue weighted by Gasteiger charge is -2.25. The SMILES string of the molecule is Cc1cccc(C)c1N=Cc1cccc(C=NC2CCCCC2C)n1. The smallest absolute Gasteiger partial charge is 0.0820 e. The Morgan fingerprint density at radius 1 is 0.920 bits per heavy atom. The van der Waals surface area contributed by atoms with Crippen molar-refractivity contribution in [3.63, 3.8) is 0 Å². The minimum Gasteiger partial charge on any atom is -0.287 e. The van der Waals surface area contributed by atoms with Crippen LogP contribution in [0.2, 0.25) is 0 Å². The Morgan fingerprint density at radius 3 is 2.28 bits per heavy atom. The van der Waals surface area contributed by atoms with Gasteiger partial charge in [-0.25, -0.2) is 4.98 Å². The predicted molar refractivity (Wildman–Crippen MR) is 106 cm³/mol. The average Bonchev–Trinajstić information content (AvgIpc) is 2.61. The fourth-order valence-corrected chi connectivity index (χ4v) is 3.44. The first kappa shape index (κ1) is 17.5. The topological polar surface area (TPSA) is 37.6 Å². The molecule has 3 rings (SSSR count). The number of pyridine rings is 1. The minimum atomic E-state index is 0.447. The van der Waals surface area contributed by atoms with Gasteiger partial charge in [-0.05, 0) is 55.9 Å². The summed E-state index contributed by atoms with van der Waals surface area (Å²) in [5, 5.41) is 0. The molecule has 1 aromatic heterocycles. The monoisotopic (exact) mass is 333 g/mol. The lowest BCUT2D eigenvalue weighted by molar-refractivity contribution is 0.333. The standard InChI is InChI=1S/C22H27N3/c1-16-8-4-5-13-21(16)23-14-19-11-7-12-20(25-19)15-24-22-17(2)9-6-10-18(22)3/h6-7,9-12,14-16,21H,4-5,8,13H2,1-3H3. The third kappa shape index (κ3) is 4.62. The number of hydrogen-bond acceptors (Lipinski definition) is 3. The highest BCUT2D eigenvalue weighted by atomic mass is 14.8. The second-order valence-corrected chi connectivity index (χ2v) is 7.09. The maximum atomic E-state index is 4.79. The Morgan fingerprint density at radius 2 is 1.56 bits per heavy atom. The van der Waals surface area contributed by atoms with Gasteiger partial charge in [-0.2, -0.15) is 0 Å². The van der Waals surface area contributed by atoms with Gasteiger partial charge in [0.1, 0.15) is 0 Å². The zero-order chi connectivity index (χ0) is 17.6. The number of aryl methyl sites for hydroxylation is 2. The number of nitrogens with zero attached hydrogens (tertiary/aromatic N) is 3. The molecule has 2 atom stereocenters. The van der Waals surface area contributed by atoms with Crippen LogP contribution in [0, 0.1) is 19.8 Å². The Balaban J connectivity index is 1.74. The van der Waals surface area contributed by atoms with E-state index in [1.807, 2.05) is 30.6 Å². The fourth-order valence-electron chi connectivity index (χ4n) is 3.44. The van der Waals surface area contributed by atoms with Gasteiger partial charge in [-0.3, -0.25) is 9.98 Å². The number of rotatable bonds is 4. The van der Waals surface area contributed by atoms with Crippen molar-refractivity contribution < 1.29 is 0 Å². The molecule has 3 nitrogen and oxygen atoms in total. The predicted octanol–water partition coefficient (Wildman–Crippen LogP) is 5.45. The third-order valence-corrected chi connectivity index (χ3v) is 5.02. The van der Waals surface area contributed by atoms with Crippen molar-refractivity contribution in [1.82, 2.24) is 4.98 Å². The van der Waals surface area contributed by atoms with Crippen LogP contribution in [0.5, 0.6) is 0 Å². The summed E-state index contributed by atoms with van der Waals surface area (Å²) in [7, 11) is 0. The molecular weight excluding hydrogens is 306 g/mol. The first-order valence-corrected chi connectivity index (χ1v) is 9.24. The van der Waals surface area contributed by atoms with E-state index in [1.54, 1.807) is 0 Å². The van der Waals surface area contributed by atoms with Crippen LogP contribution in [-0.4, -0.2) is 23.5 Å². The Kier molecular flexibility index (Phi) is 5.75. The van der Waals surface area contributed by atoms with Gasteiger partial charge in [0.05, 0.1) is 29.3 Å². The van der Waals surface area contributed by atoms with Crippen LogP contribution in [0.4, 0.5) is 5.69 Å². The van der Waals surface area contributed by atoms with Crippen molar-refractivity contribution in [2.24, 2.45) is 15.9 Å². The van der Waals surface area contributed by atoms with Crippen molar-refractivity contribution in [1.29, 1.82) is 0 Å². The van der Waals surface area contributed by atoms with Gasteiger partial charge in [-0.15, -0.1) is 0 Å². The first-order valence-electron chi connectivity index (χ1n) is 9.24. The van der Waals surface area contributed by atoms with Crippen molar-refractivity contribution >= 4 is 18.1 Å². The van der Waals surface area contributed by atoms with Crippen molar-refractivity contribution in [2.45, 2.75) is 52.5 Å². The van der Waals surface area contributed by atoms with E-state index in [9.17, 15) is 0 Å². The van der Waals surface area contributed by atoms with Crippen LogP contribution in [0.1, 0.15) is 55.1 Å². The summed E-state index contributed by atoms with van der Waals surface area (Å²) in [5.74, 6) is 0.679. The molecule has 1 fully saturated rings.